The molecular formula is C35H23N3. The minimum absolute atomic E-state index is 1.02. The van der Waals surface area contributed by atoms with E-state index in [1.54, 1.807) is 0 Å². The van der Waals surface area contributed by atoms with Gasteiger partial charge >= 0.3 is 0 Å². The molecule has 0 amide bonds. The van der Waals surface area contributed by atoms with E-state index in [0.29, 0.717) is 0 Å². The molecule has 3 heterocycles. The Labute approximate surface area is 219 Å². The molecule has 0 spiro atoms. The molecule has 0 unspecified atom stereocenters. The van der Waals surface area contributed by atoms with Crippen LogP contribution in [0, 0.1) is 0 Å². The molecule has 0 saturated heterocycles. The largest absolute Gasteiger partial charge is 0.308 e. The molecule has 0 saturated carbocycles. The SMILES string of the molecule is c1ccc(-c2ccccc2-n2c3ccccc3c3nc4c5ccccc5n(-c5ccccc5)c4cc32)cc1. The van der Waals surface area contributed by atoms with Crippen molar-refractivity contribution in [2.45, 2.75) is 0 Å². The fourth-order valence-electron chi connectivity index (χ4n) is 5.87. The second-order valence-corrected chi connectivity index (χ2v) is 9.65. The van der Waals surface area contributed by atoms with Gasteiger partial charge in [-0.15, -0.1) is 0 Å². The van der Waals surface area contributed by atoms with Crippen molar-refractivity contribution in [3.63, 3.8) is 0 Å². The fourth-order valence-corrected chi connectivity index (χ4v) is 5.87. The average molecular weight is 486 g/mol. The topological polar surface area (TPSA) is 22.8 Å². The highest BCUT2D eigenvalue weighted by atomic mass is 15.0. The van der Waals surface area contributed by atoms with Crippen LogP contribution in [-0.4, -0.2) is 14.1 Å². The van der Waals surface area contributed by atoms with Crippen LogP contribution in [-0.2, 0) is 0 Å². The van der Waals surface area contributed by atoms with Gasteiger partial charge in [0.2, 0.25) is 0 Å². The molecule has 0 fully saturated rings. The van der Waals surface area contributed by atoms with Gasteiger partial charge in [0.15, 0.2) is 0 Å². The van der Waals surface area contributed by atoms with Crippen LogP contribution < -0.4 is 0 Å². The highest BCUT2D eigenvalue weighted by Gasteiger charge is 2.20. The van der Waals surface area contributed by atoms with Gasteiger partial charge in [-0.05, 0) is 42.0 Å². The van der Waals surface area contributed by atoms with Gasteiger partial charge in [-0.1, -0.05) is 103 Å². The van der Waals surface area contributed by atoms with E-state index < -0.39 is 0 Å². The number of aromatic nitrogens is 3. The standard InChI is InChI=1S/C35H23N3/c1-3-13-24(14-4-1)26-17-7-10-20-29(26)38-31-22-12-9-19-28(31)35-33(38)23-32-34(36-35)27-18-8-11-21-30(27)37(32)25-15-5-2-6-16-25/h1-23H. The number of benzene rings is 5. The lowest BCUT2D eigenvalue weighted by Crippen LogP contribution is -1.98. The van der Waals surface area contributed by atoms with Crippen LogP contribution in [0.4, 0.5) is 0 Å². The quantitative estimate of drug-likeness (QED) is 0.245. The molecule has 3 heteroatoms. The lowest BCUT2D eigenvalue weighted by molar-refractivity contribution is 1.16. The normalized spacial score (nSPS) is 11.7. The van der Waals surface area contributed by atoms with E-state index in [1.807, 2.05) is 0 Å². The van der Waals surface area contributed by atoms with Gasteiger partial charge in [0.05, 0.1) is 38.8 Å². The zero-order valence-electron chi connectivity index (χ0n) is 20.6. The third kappa shape index (κ3) is 2.99. The molecule has 0 bridgehead atoms. The third-order valence-electron chi connectivity index (χ3n) is 7.51. The second kappa shape index (κ2) is 8.19. The first kappa shape index (κ1) is 21.0. The summed E-state index contributed by atoms with van der Waals surface area (Å²) < 4.78 is 4.72. The zero-order chi connectivity index (χ0) is 25.1. The number of fused-ring (bicyclic) bond motifs is 6. The molecule has 38 heavy (non-hydrogen) atoms. The van der Waals surface area contributed by atoms with Crippen LogP contribution in [0.3, 0.4) is 0 Å². The van der Waals surface area contributed by atoms with Gasteiger partial charge in [0.1, 0.15) is 0 Å². The number of rotatable bonds is 3. The van der Waals surface area contributed by atoms with E-state index in [0.717, 1.165) is 55.2 Å². The number of hydrogen-bond donors (Lipinski definition) is 0. The lowest BCUT2D eigenvalue weighted by Gasteiger charge is -2.14. The predicted molar refractivity (Wildman–Crippen MR) is 158 cm³/mol. The van der Waals surface area contributed by atoms with Crippen LogP contribution in [0.2, 0.25) is 0 Å². The maximum absolute atomic E-state index is 5.39. The van der Waals surface area contributed by atoms with Crippen molar-refractivity contribution in [2.24, 2.45) is 0 Å². The van der Waals surface area contributed by atoms with Crippen LogP contribution >= 0.6 is 0 Å². The Balaban J connectivity index is 1.55. The van der Waals surface area contributed by atoms with E-state index in [-0.39, 0.29) is 0 Å². The van der Waals surface area contributed by atoms with E-state index in [4.69, 9.17) is 4.98 Å². The molecule has 0 aliphatic carbocycles. The third-order valence-corrected chi connectivity index (χ3v) is 7.51. The molecule has 8 rings (SSSR count). The minimum Gasteiger partial charge on any atom is -0.308 e. The van der Waals surface area contributed by atoms with Crippen molar-refractivity contribution in [2.75, 3.05) is 0 Å². The summed E-state index contributed by atoms with van der Waals surface area (Å²) in [6.07, 6.45) is 0. The van der Waals surface area contributed by atoms with E-state index >= 15 is 0 Å². The van der Waals surface area contributed by atoms with E-state index in [9.17, 15) is 0 Å². The Morgan fingerprint density at radius 1 is 0.421 bits per heavy atom. The van der Waals surface area contributed by atoms with Gasteiger partial charge in [-0.25, -0.2) is 4.98 Å². The molecule has 178 valence electrons. The first-order valence-corrected chi connectivity index (χ1v) is 12.9. The van der Waals surface area contributed by atoms with Crippen molar-refractivity contribution < 1.29 is 0 Å². The highest BCUT2D eigenvalue weighted by Crippen LogP contribution is 2.39. The molecule has 0 radical (unpaired) electrons. The van der Waals surface area contributed by atoms with Crippen molar-refractivity contribution in [1.82, 2.24) is 14.1 Å². The summed E-state index contributed by atoms with van der Waals surface area (Å²) in [6, 6.07) is 49.3. The molecule has 3 aromatic heterocycles. The first-order chi connectivity index (χ1) is 18.9. The Morgan fingerprint density at radius 2 is 0.947 bits per heavy atom. The fraction of sp³-hybridized carbons (Fsp3) is 0. The van der Waals surface area contributed by atoms with Gasteiger partial charge in [0, 0.05) is 22.0 Å². The van der Waals surface area contributed by atoms with E-state index in [2.05, 4.69) is 149 Å². The predicted octanol–water partition coefficient (Wildman–Crippen LogP) is 8.94. The minimum atomic E-state index is 1.02. The summed E-state index contributed by atoms with van der Waals surface area (Å²) in [7, 11) is 0. The number of nitrogens with zero attached hydrogens (tertiary/aromatic N) is 3. The Hall–Kier alpha value is -5.15. The highest BCUT2D eigenvalue weighted by molar-refractivity contribution is 6.15. The van der Waals surface area contributed by atoms with Crippen molar-refractivity contribution in [3.8, 4) is 22.5 Å². The van der Waals surface area contributed by atoms with Crippen LogP contribution in [0.25, 0.3) is 66.4 Å². The van der Waals surface area contributed by atoms with Crippen LogP contribution in [0.15, 0.2) is 140 Å². The van der Waals surface area contributed by atoms with Gasteiger partial charge in [0.25, 0.3) is 0 Å². The smallest absolute Gasteiger partial charge is 0.0972 e. The Kier molecular flexibility index (Phi) is 4.52. The molecule has 8 aromatic rings. The summed E-state index contributed by atoms with van der Waals surface area (Å²) in [4.78, 5) is 5.39. The Morgan fingerprint density at radius 3 is 1.66 bits per heavy atom. The summed E-state index contributed by atoms with van der Waals surface area (Å²) >= 11 is 0. The average Bonchev–Trinajstić information content (AvgIpc) is 3.49. The van der Waals surface area contributed by atoms with E-state index in [1.165, 1.54) is 11.1 Å². The lowest BCUT2D eigenvalue weighted by atomic mass is 10.0. The van der Waals surface area contributed by atoms with Crippen LogP contribution in [0.5, 0.6) is 0 Å². The van der Waals surface area contributed by atoms with Crippen molar-refractivity contribution in [3.05, 3.63) is 140 Å². The number of hydrogen-bond acceptors (Lipinski definition) is 1. The maximum Gasteiger partial charge on any atom is 0.0972 e. The monoisotopic (exact) mass is 485 g/mol. The molecule has 0 aliphatic heterocycles. The molecule has 5 aromatic carbocycles. The van der Waals surface area contributed by atoms with Gasteiger partial charge < -0.3 is 9.13 Å². The summed E-state index contributed by atoms with van der Waals surface area (Å²) in [5, 5.41) is 2.32. The zero-order valence-corrected chi connectivity index (χ0v) is 20.6. The van der Waals surface area contributed by atoms with Crippen molar-refractivity contribution >= 4 is 43.9 Å². The molecular weight excluding hydrogens is 462 g/mol. The Bertz CT molecular complexity index is 2120. The maximum atomic E-state index is 5.39. The first-order valence-electron chi connectivity index (χ1n) is 12.9. The summed E-state index contributed by atoms with van der Waals surface area (Å²) in [5.41, 5.74) is 11.2. The summed E-state index contributed by atoms with van der Waals surface area (Å²) in [6.45, 7) is 0. The summed E-state index contributed by atoms with van der Waals surface area (Å²) in [5.74, 6) is 0. The number of para-hydroxylation sites is 4. The van der Waals surface area contributed by atoms with Gasteiger partial charge in [-0.3, -0.25) is 0 Å². The molecule has 0 N–H and O–H groups in total. The van der Waals surface area contributed by atoms with Crippen LogP contribution in [0.1, 0.15) is 0 Å². The molecule has 3 nitrogen and oxygen atoms in total. The molecule has 0 atom stereocenters. The number of pyridine rings is 1. The second-order valence-electron chi connectivity index (χ2n) is 9.65. The van der Waals surface area contributed by atoms with Crippen molar-refractivity contribution in [1.29, 1.82) is 0 Å². The van der Waals surface area contributed by atoms with Gasteiger partial charge in [-0.2, -0.15) is 0 Å². The molecule has 0 aliphatic rings.